The predicted molar refractivity (Wildman–Crippen MR) is 78.1 cm³/mol. The maximum Gasteiger partial charge on any atom is 0.146 e. The Morgan fingerprint density at radius 3 is 3.00 bits per heavy atom. The van der Waals surface area contributed by atoms with E-state index < -0.39 is 0 Å². The molecule has 0 saturated heterocycles. The lowest BCUT2D eigenvalue weighted by atomic mass is 10.3. The van der Waals surface area contributed by atoms with E-state index in [4.69, 9.17) is 0 Å². The van der Waals surface area contributed by atoms with Crippen LogP contribution in [-0.4, -0.2) is 43.8 Å². The molecule has 0 aromatic rings. The highest BCUT2D eigenvalue weighted by atomic mass is 15.5. The van der Waals surface area contributed by atoms with Crippen molar-refractivity contribution in [3.63, 3.8) is 0 Å². The first kappa shape index (κ1) is 14.4. The van der Waals surface area contributed by atoms with E-state index in [9.17, 15) is 0 Å². The number of hydrogen-bond donors (Lipinski definition) is 1. The molecule has 0 atom stereocenters. The minimum atomic E-state index is 0.795. The second-order valence-electron chi connectivity index (χ2n) is 4.37. The van der Waals surface area contributed by atoms with Gasteiger partial charge in [0.1, 0.15) is 5.82 Å². The predicted octanol–water partition coefficient (Wildman–Crippen LogP) is 1.93. The van der Waals surface area contributed by atoms with Crippen LogP contribution < -0.4 is 5.43 Å². The summed E-state index contributed by atoms with van der Waals surface area (Å²) in [5.74, 6) is 0.795. The Kier molecular flexibility index (Phi) is 6.11. The molecule has 1 aliphatic heterocycles. The van der Waals surface area contributed by atoms with Crippen molar-refractivity contribution in [3.8, 4) is 0 Å². The molecule has 4 heteroatoms. The molecule has 1 rings (SSSR count). The van der Waals surface area contributed by atoms with Crippen molar-refractivity contribution in [2.45, 2.75) is 6.42 Å². The van der Waals surface area contributed by atoms with Gasteiger partial charge < -0.3 is 4.90 Å². The summed E-state index contributed by atoms with van der Waals surface area (Å²) in [7, 11) is 4.12. The third-order valence-electron chi connectivity index (χ3n) is 2.40. The van der Waals surface area contributed by atoms with Crippen LogP contribution in [0.3, 0.4) is 0 Å². The van der Waals surface area contributed by atoms with E-state index in [0.717, 1.165) is 25.3 Å². The first-order valence-electron chi connectivity index (χ1n) is 5.99. The number of allylic oxidation sites excluding steroid dienone is 4. The number of rotatable bonds is 7. The Morgan fingerprint density at radius 1 is 1.61 bits per heavy atom. The molecule has 0 aromatic heterocycles. The van der Waals surface area contributed by atoms with Crippen LogP contribution in [0, 0.1) is 0 Å². The molecule has 98 valence electrons. The van der Waals surface area contributed by atoms with Gasteiger partial charge in [-0.05, 0) is 38.9 Å². The van der Waals surface area contributed by atoms with Crippen LogP contribution >= 0.6 is 0 Å². The van der Waals surface area contributed by atoms with E-state index in [-0.39, 0.29) is 0 Å². The fourth-order valence-electron chi connectivity index (χ4n) is 1.65. The second kappa shape index (κ2) is 7.63. The molecular weight excluding hydrogens is 224 g/mol. The van der Waals surface area contributed by atoms with Crippen LogP contribution in [0.5, 0.6) is 0 Å². The molecule has 0 spiro atoms. The minimum Gasteiger partial charge on any atom is -0.305 e. The molecule has 0 fully saturated rings. The van der Waals surface area contributed by atoms with Crippen LogP contribution in [0.4, 0.5) is 0 Å². The fraction of sp³-hybridized carbons (Fsp3) is 0.357. The highest BCUT2D eigenvalue weighted by Crippen LogP contribution is 2.12. The Balaban J connectivity index is 2.64. The van der Waals surface area contributed by atoms with Crippen LogP contribution in [0.25, 0.3) is 0 Å². The lowest BCUT2D eigenvalue weighted by molar-refractivity contribution is 0.378. The standard InChI is InChI=1S/C14H22N4/c1-5-6-7-8-9-14(15-2)18-12-13(10-16-18)11-17(3)4/h5,7-9,12,16H,1-2,6,10-11H2,3-4H3/b8-7-,14-9+. The summed E-state index contributed by atoms with van der Waals surface area (Å²) in [4.78, 5) is 6.17. The lowest BCUT2D eigenvalue weighted by Gasteiger charge is -2.14. The van der Waals surface area contributed by atoms with E-state index in [1.807, 2.05) is 29.3 Å². The van der Waals surface area contributed by atoms with Crippen molar-refractivity contribution in [1.82, 2.24) is 15.3 Å². The van der Waals surface area contributed by atoms with Crippen molar-refractivity contribution in [2.24, 2.45) is 4.99 Å². The zero-order valence-corrected chi connectivity index (χ0v) is 11.3. The van der Waals surface area contributed by atoms with E-state index in [1.54, 1.807) is 0 Å². The maximum atomic E-state index is 4.02. The maximum absolute atomic E-state index is 4.02. The van der Waals surface area contributed by atoms with Crippen LogP contribution in [-0.2, 0) is 0 Å². The summed E-state index contributed by atoms with van der Waals surface area (Å²) >= 11 is 0. The number of hydrogen-bond acceptors (Lipinski definition) is 4. The monoisotopic (exact) mass is 246 g/mol. The molecule has 0 amide bonds. The third kappa shape index (κ3) is 4.69. The average Bonchev–Trinajstić information content (AvgIpc) is 2.77. The van der Waals surface area contributed by atoms with E-state index in [2.05, 4.69) is 48.9 Å². The minimum absolute atomic E-state index is 0.795. The van der Waals surface area contributed by atoms with Crippen molar-refractivity contribution < 1.29 is 0 Å². The molecule has 4 nitrogen and oxygen atoms in total. The first-order chi connectivity index (χ1) is 8.67. The molecule has 0 aliphatic carbocycles. The van der Waals surface area contributed by atoms with E-state index in [0.29, 0.717) is 0 Å². The summed E-state index contributed by atoms with van der Waals surface area (Å²) < 4.78 is 0. The summed E-state index contributed by atoms with van der Waals surface area (Å²) in [6.07, 6.45) is 10.7. The van der Waals surface area contributed by atoms with Gasteiger partial charge in [0, 0.05) is 19.3 Å². The lowest BCUT2D eigenvalue weighted by Crippen LogP contribution is -2.27. The van der Waals surface area contributed by atoms with Crippen molar-refractivity contribution in [3.05, 3.63) is 48.5 Å². The number of likely N-dealkylation sites (N-methyl/N-ethyl adjacent to an activating group) is 1. The second-order valence-corrected chi connectivity index (χ2v) is 4.37. The van der Waals surface area contributed by atoms with Crippen LogP contribution in [0.2, 0.25) is 0 Å². The molecule has 1 heterocycles. The Hall–Kier alpha value is -1.65. The SMILES string of the molecule is C=CC/C=C\C=C(/N=C)N1C=C(CN(C)C)CN1. The van der Waals surface area contributed by atoms with E-state index in [1.165, 1.54) is 5.57 Å². The topological polar surface area (TPSA) is 30.9 Å². The highest BCUT2D eigenvalue weighted by Gasteiger charge is 2.14. The van der Waals surface area contributed by atoms with Crippen LogP contribution in [0.15, 0.2) is 53.5 Å². The number of aliphatic imine (C=N–C) groups is 1. The number of nitrogens with one attached hydrogen (secondary N) is 1. The molecule has 0 aromatic carbocycles. The smallest absolute Gasteiger partial charge is 0.146 e. The Morgan fingerprint density at radius 2 is 2.39 bits per heavy atom. The molecule has 0 radical (unpaired) electrons. The van der Waals surface area contributed by atoms with Gasteiger partial charge in [0.25, 0.3) is 0 Å². The quantitative estimate of drug-likeness (QED) is 0.423. The molecule has 18 heavy (non-hydrogen) atoms. The molecule has 0 saturated carbocycles. The number of hydrazine groups is 1. The van der Waals surface area contributed by atoms with Gasteiger partial charge >= 0.3 is 0 Å². The fourth-order valence-corrected chi connectivity index (χ4v) is 1.65. The van der Waals surface area contributed by atoms with Crippen molar-refractivity contribution in [2.75, 3.05) is 27.2 Å². The van der Waals surface area contributed by atoms with Gasteiger partial charge in [0.05, 0.1) is 0 Å². The molecule has 0 unspecified atom stereocenters. The molecule has 0 bridgehead atoms. The van der Waals surface area contributed by atoms with Crippen molar-refractivity contribution in [1.29, 1.82) is 0 Å². The summed E-state index contributed by atoms with van der Waals surface area (Å²) in [5, 5.41) is 1.91. The van der Waals surface area contributed by atoms with Gasteiger partial charge in [-0.3, -0.25) is 5.01 Å². The van der Waals surface area contributed by atoms with Gasteiger partial charge in [-0.1, -0.05) is 18.2 Å². The van der Waals surface area contributed by atoms with Gasteiger partial charge in [0.2, 0.25) is 0 Å². The third-order valence-corrected chi connectivity index (χ3v) is 2.40. The van der Waals surface area contributed by atoms with Crippen molar-refractivity contribution >= 4 is 6.72 Å². The zero-order valence-electron chi connectivity index (χ0n) is 11.3. The first-order valence-corrected chi connectivity index (χ1v) is 5.99. The largest absolute Gasteiger partial charge is 0.305 e. The molecule has 1 N–H and O–H groups in total. The highest BCUT2D eigenvalue weighted by molar-refractivity contribution is 5.31. The van der Waals surface area contributed by atoms with Gasteiger partial charge in [0.15, 0.2) is 0 Å². The molecule has 1 aliphatic rings. The van der Waals surface area contributed by atoms with Gasteiger partial charge in [-0.15, -0.1) is 6.58 Å². The zero-order chi connectivity index (χ0) is 13.4. The summed E-state index contributed by atoms with van der Waals surface area (Å²) in [6, 6.07) is 0. The Labute approximate surface area is 110 Å². The van der Waals surface area contributed by atoms with Crippen LogP contribution in [0.1, 0.15) is 6.42 Å². The summed E-state index contributed by atoms with van der Waals surface area (Å²) in [5.41, 5.74) is 4.59. The van der Waals surface area contributed by atoms with Gasteiger partial charge in [-0.2, -0.15) is 0 Å². The van der Waals surface area contributed by atoms with Gasteiger partial charge in [-0.25, -0.2) is 10.4 Å². The molecular formula is C14H22N4. The average molecular weight is 246 g/mol. The van der Waals surface area contributed by atoms with E-state index >= 15 is 0 Å². The number of nitrogens with zero attached hydrogens (tertiary/aromatic N) is 3. The normalized spacial score (nSPS) is 16.5. The Bertz CT molecular complexity index is 377. The summed E-state index contributed by atoms with van der Waals surface area (Å²) in [6.45, 7) is 9.06.